The van der Waals surface area contributed by atoms with Gasteiger partial charge in [-0.1, -0.05) is 31.5 Å². The van der Waals surface area contributed by atoms with Crippen LogP contribution in [-0.2, 0) is 16.1 Å². The van der Waals surface area contributed by atoms with Gasteiger partial charge >= 0.3 is 5.97 Å². The third-order valence-electron chi connectivity index (χ3n) is 8.01. The molecule has 2 heterocycles. The van der Waals surface area contributed by atoms with Crippen LogP contribution >= 0.6 is 0 Å². The number of nitrogens with zero attached hydrogens (tertiary/aromatic N) is 1. The van der Waals surface area contributed by atoms with Gasteiger partial charge in [-0.25, -0.2) is 8.78 Å². The highest BCUT2D eigenvalue weighted by Gasteiger charge is 2.30. The molecular formula is C34H40F2N4O5. The number of pyridine rings is 1. The van der Waals surface area contributed by atoms with E-state index in [4.69, 9.17) is 0 Å². The molecule has 4 N–H and O–H groups in total. The SMILES string of the molecule is Cc1cc(C)c(-c2cc(F)c(F)c([C@H](CC(=O)O)NC(=O)[C@H](CC(C)C)NC(=O)c3cccn(CC4CNC4)c3=O)c2)c(C)c1. The lowest BCUT2D eigenvalue weighted by molar-refractivity contribution is -0.137. The molecule has 3 aromatic rings. The number of halogens is 2. The molecule has 240 valence electrons. The molecule has 1 aromatic heterocycles. The zero-order chi connectivity index (χ0) is 33.0. The number of carbonyl (C=O) groups is 3. The number of aromatic nitrogens is 1. The van der Waals surface area contributed by atoms with E-state index in [-0.39, 0.29) is 29.4 Å². The van der Waals surface area contributed by atoms with Gasteiger partial charge < -0.3 is 25.6 Å². The van der Waals surface area contributed by atoms with Gasteiger partial charge in [-0.2, -0.15) is 0 Å². The van der Waals surface area contributed by atoms with Gasteiger partial charge in [0.2, 0.25) is 5.91 Å². The number of rotatable bonds is 12. The van der Waals surface area contributed by atoms with Crippen molar-refractivity contribution in [2.75, 3.05) is 13.1 Å². The van der Waals surface area contributed by atoms with E-state index in [1.54, 1.807) is 12.3 Å². The fourth-order valence-corrected chi connectivity index (χ4v) is 5.88. The van der Waals surface area contributed by atoms with Gasteiger partial charge in [0.15, 0.2) is 11.6 Å². The summed E-state index contributed by atoms with van der Waals surface area (Å²) < 4.78 is 31.8. The van der Waals surface area contributed by atoms with Crippen LogP contribution in [0.5, 0.6) is 0 Å². The van der Waals surface area contributed by atoms with Crippen LogP contribution in [0.4, 0.5) is 8.78 Å². The summed E-state index contributed by atoms with van der Waals surface area (Å²) in [5, 5.41) is 18.0. The van der Waals surface area contributed by atoms with Gasteiger partial charge in [0.1, 0.15) is 11.6 Å². The smallest absolute Gasteiger partial charge is 0.305 e. The predicted molar refractivity (Wildman–Crippen MR) is 167 cm³/mol. The van der Waals surface area contributed by atoms with Crippen molar-refractivity contribution in [2.24, 2.45) is 11.8 Å². The Morgan fingerprint density at radius 3 is 2.29 bits per heavy atom. The molecule has 0 saturated carbocycles. The first-order valence-electron chi connectivity index (χ1n) is 15.1. The van der Waals surface area contributed by atoms with Crippen molar-refractivity contribution in [3.05, 3.63) is 92.4 Å². The Balaban J connectivity index is 1.64. The van der Waals surface area contributed by atoms with E-state index < -0.39 is 53.5 Å². The monoisotopic (exact) mass is 622 g/mol. The first kappa shape index (κ1) is 33.5. The molecular weight excluding hydrogens is 582 g/mol. The number of aryl methyl sites for hydroxylation is 3. The number of nitrogens with one attached hydrogen (secondary N) is 3. The summed E-state index contributed by atoms with van der Waals surface area (Å²) in [6.45, 7) is 11.3. The molecule has 0 spiro atoms. The highest BCUT2D eigenvalue weighted by molar-refractivity contribution is 5.97. The maximum Gasteiger partial charge on any atom is 0.305 e. The molecule has 1 fully saturated rings. The molecule has 1 saturated heterocycles. The van der Waals surface area contributed by atoms with Gasteiger partial charge in [-0.3, -0.25) is 19.2 Å². The number of carbonyl (C=O) groups excluding carboxylic acids is 2. The third kappa shape index (κ3) is 8.02. The van der Waals surface area contributed by atoms with Gasteiger partial charge in [0, 0.05) is 37.3 Å². The van der Waals surface area contributed by atoms with E-state index >= 15 is 8.78 Å². The number of benzene rings is 2. The predicted octanol–water partition coefficient (Wildman–Crippen LogP) is 4.41. The van der Waals surface area contributed by atoms with Crippen molar-refractivity contribution in [1.29, 1.82) is 0 Å². The Morgan fingerprint density at radius 1 is 1.04 bits per heavy atom. The molecule has 45 heavy (non-hydrogen) atoms. The topological polar surface area (TPSA) is 130 Å². The molecule has 11 heteroatoms. The Kier molecular flexibility index (Phi) is 10.5. The van der Waals surface area contributed by atoms with E-state index in [1.165, 1.54) is 16.7 Å². The summed E-state index contributed by atoms with van der Waals surface area (Å²) in [5.74, 6) is -5.17. The lowest BCUT2D eigenvalue weighted by Crippen LogP contribution is -2.50. The molecule has 9 nitrogen and oxygen atoms in total. The molecule has 1 aliphatic rings. The van der Waals surface area contributed by atoms with E-state index in [1.807, 2.05) is 46.8 Å². The standard InChI is InChI=1S/C34H40F2N4O5/c1-18(2)9-28(39-32(43)24-7-6-8-40(34(24)45)17-22-15-37-16-22)33(44)38-27(14-29(41)42)25-12-23(13-26(35)31(25)36)30-20(4)10-19(3)11-21(30)5/h6-8,10-13,18,22,27-28,37H,9,14-17H2,1-5H3,(H,38,44)(H,39,43)(H,41,42)/t27-,28-/m0/s1. The second-order valence-electron chi connectivity index (χ2n) is 12.4. The first-order valence-corrected chi connectivity index (χ1v) is 15.1. The largest absolute Gasteiger partial charge is 0.481 e. The minimum atomic E-state index is -1.45. The zero-order valence-electron chi connectivity index (χ0n) is 26.2. The second kappa shape index (κ2) is 14.2. The number of hydrogen-bond donors (Lipinski definition) is 4. The average molecular weight is 623 g/mol. The summed E-state index contributed by atoms with van der Waals surface area (Å²) >= 11 is 0. The second-order valence-corrected chi connectivity index (χ2v) is 12.4. The van der Waals surface area contributed by atoms with E-state index in [2.05, 4.69) is 16.0 Å². The van der Waals surface area contributed by atoms with E-state index in [9.17, 15) is 24.3 Å². The van der Waals surface area contributed by atoms with Crippen LogP contribution in [-0.4, -0.2) is 46.6 Å². The molecule has 2 amide bonds. The van der Waals surface area contributed by atoms with E-state index in [0.29, 0.717) is 17.7 Å². The maximum absolute atomic E-state index is 15.3. The summed E-state index contributed by atoms with van der Waals surface area (Å²) in [7, 11) is 0. The van der Waals surface area contributed by atoms with Crippen molar-refractivity contribution in [3.8, 4) is 11.1 Å². The first-order chi connectivity index (χ1) is 21.2. The van der Waals surface area contributed by atoms with E-state index in [0.717, 1.165) is 35.8 Å². The van der Waals surface area contributed by atoms with Crippen LogP contribution in [0, 0.1) is 44.2 Å². The van der Waals surface area contributed by atoms with Crippen molar-refractivity contribution < 1.29 is 28.3 Å². The Bertz CT molecular complexity index is 1640. The lowest BCUT2D eigenvalue weighted by Gasteiger charge is -2.27. The fourth-order valence-electron chi connectivity index (χ4n) is 5.88. The van der Waals surface area contributed by atoms with Gasteiger partial charge in [-0.05, 0) is 79.6 Å². The number of amides is 2. The van der Waals surface area contributed by atoms with Crippen molar-refractivity contribution in [2.45, 2.75) is 66.1 Å². The van der Waals surface area contributed by atoms with Crippen molar-refractivity contribution in [1.82, 2.24) is 20.5 Å². The van der Waals surface area contributed by atoms with Crippen LogP contribution in [0.2, 0.25) is 0 Å². The Labute approximate surface area is 261 Å². The lowest BCUT2D eigenvalue weighted by atomic mass is 9.90. The fraction of sp³-hybridized carbons (Fsp3) is 0.412. The highest BCUT2D eigenvalue weighted by atomic mass is 19.2. The summed E-state index contributed by atoms with van der Waals surface area (Å²) in [5.41, 5.74) is 2.70. The van der Waals surface area contributed by atoms with Gasteiger partial charge in [-0.15, -0.1) is 0 Å². The average Bonchev–Trinajstić information content (AvgIpc) is 2.91. The normalized spacial score (nSPS) is 14.5. The van der Waals surface area contributed by atoms with Crippen LogP contribution in [0.15, 0.2) is 47.4 Å². The molecule has 0 bridgehead atoms. The number of aliphatic carboxylic acids is 1. The third-order valence-corrected chi connectivity index (χ3v) is 8.01. The zero-order valence-corrected chi connectivity index (χ0v) is 26.2. The molecule has 4 rings (SSSR count). The molecule has 0 unspecified atom stereocenters. The summed E-state index contributed by atoms with van der Waals surface area (Å²) in [6, 6.07) is 6.56. The minimum absolute atomic E-state index is 0.0949. The number of carboxylic acid groups (broad SMARTS) is 1. The van der Waals surface area contributed by atoms with Crippen LogP contribution in [0.3, 0.4) is 0 Å². The minimum Gasteiger partial charge on any atom is -0.481 e. The van der Waals surface area contributed by atoms with Gasteiger partial charge in [0.05, 0.1) is 12.5 Å². The maximum atomic E-state index is 15.3. The molecule has 2 atom stereocenters. The molecule has 2 aromatic carbocycles. The Morgan fingerprint density at radius 2 is 1.71 bits per heavy atom. The number of hydrogen-bond acceptors (Lipinski definition) is 5. The molecule has 0 aliphatic carbocycles. The Hall–Kier alpha value is -4.38. The summed E-state index contributed by atoms with van der Waals surface area (Å²) in [6.07, 6.45) is 1.01. The highest BCUT2D eigenvalue weighted by Crippen LogP contribution is 2.33. The quantitative estimate of drug-likeness (QED) is 0.237. The van der Waals surface area contributed by atoms with Crippen molar-refractivity contribution in [3.63, 3.8) is 0 Å². The summed E-state index contributed by atoms with van der Waals surface area (Å²) in [4.78, 5) is 51.8. The van der Waals surface area contributed by atoms with Crippen LogP contribution in [0.25, 0.3) is 11.1 Å². The molecule has 1 aliphatic heterocycles. The molecule has 0 radical (unpaired) electrons. The van der Waals surface area contributed by atoms with Crippen molar-refractivity contribution >= 4 is 17.8 Å². The van der Waals surface area contributed by atoms with Crippen LogP contribution < -0.4 is 21.5 Å². The van der Waals surface area contributed by atoms with Gasteiger partial charge in [0.25, 0.3) is 11.5 Å². The van der Waals surface area contributed by atoms with Crippen LogP contribution in [0.1, 0.15) is 65.3 Å². The number of carboxylic acids is 1.